The molecular formula is C14H12FNO2. The van der Waals surface area contributed by atoms with Gasteiger partial charge in [-0.2, -0.15) is 0 Å². The number of anilines is 1. The average Bonchev–Trinajstić information content (AvgIpc) is 2.76. The molecule has 1 aromatic heterocycles. The van der Waals surface area contributed by atoms with Crippen LogP contribution in [0.25, 0.3) is 6.08 Å². The van der Waals surface area contributed by atoms with E-state index in [-0.39, 0.29) is 11.7 Å². The fraction of sp³-hybridized carbons (Fsp3) is 0.0714. The van der Waals surface area contributed by atoms with Gasteiger partial charge in [0, 0.05) is 11.8 Å². The zero-order valence-corrected chi connectivity index (χ0v) is 9.81. The van der Waals surface area contributed by atoms with Gasteiger partial charge in [0.1, 0.15) is 17.3 Å². The SMILES string of the molecule is Cc1ccc(C=CC(=O)Nc2ccc(F)cc2)o1. The summed E-state index contributed by atoms with van der Waals surface area (Å²) in [5.41, 5.74) is 0.543. The van der Waals surface area contributed by atoms with Gasteiger partial charge < -0.3 is 9.73 Å². The maximum Gasteiger partial charge on any atom is 0.248 e. The van der Waals surface area contributed by atoms with E-state index in [0.29, 0.717) is 11.4 Å². The summed E-state index contributed by atoms with van der Waals surface area (Å²) in [5.74, 6) is 0.764. The van der Waals surface area contributed by atoms with Crippen molar-refractivity contribution in [3.63, 3.8) is 0 Å². The van der Waals surface area contributed by atoms with Crippen LogP contribution in [-0.2, 0) is 4.79 Å². The summed E-state index contributed by atoms with van der Waals surface area (Å²) in [6, 6.07) is 9.16. The van der Waals surface area contributed by atoms with E-state index in [2.05, 4.69) is 5.32 Å². The zero-order valence-electron chi connectivity index (χ0n) is 9.81. The Hall–Kier alpha value is -2.36. The van der Waals surface area contributed by atoms with Crippen molar-refractivity contribution in [1.82, 2.24) is 0 Å². The molecule has 1 amide bonds. The van der Waals surface area contributed by atoms with Crippen LogP contribution in [0.1, 0.15) is 11.5 Å². The number of benzene rings is 1. The number of hydrogen-bond acceptors (Lipinski definition) is 2. The Labute approximate surface area is 104 Å². The molecule has 2 rings (SSSR count). The molecular weight excluding hydrogens is 233 g/mol. The summed E-state index contributed by atoms with van der Waals surface area (Å²) in [6.45, 7) is 1.83. The molecule has 0 radical (unpaired) electrons. The zero-order chi connectivity index (χ0) is 13.0. The van der Waals surface area contributed by atoms with E-state index in [0.717, 1.165) is 5.76 Å². The van der Waals surface area contributed by atoms with Crippen LogP contribution >= 0.6 is 0 Å². The highest BCUT2D eigenvalue weighted by molar-refractivity contribution is 6.01. The minimum Gasteiger partial charge on any atom is -0.462 e. The molecule has 2 aromatic rings. The monoisotopic (exact) mass is 245 g/mol. The van der Waals surface area contributed by atoms with Gasteiger partial charge in [0.25, 0.3) is 0 Å². The molecule has 18 heavy (non-hydrogen) atoms. The van der Waals surface area contributed by atoms with Crippen LogP contribution in [-0.4, -0.2) is 5.91 Å². The lowest BCUT2D eigenvalue weighted by Crippen LogP contribution is -2.07. The number of carbonyl (C=O) groups is 1. The second-order valence-electron chi connectivity index (χ2n) is 3.78. The molecule has 0 saturated heterocycles. The number of nitrogens with one attached hydrogen (secondary N) is 1. The Morgan fingerprint density at radius 1 is 1.22 bits per heavy atom. The fourth-order valence-electron chi connectivity index (χ4n) is 1.42. The van der Waals surface area contributed by atoms with E-state index in [9.17, 15) is 9.18 Å². The number of carbonyl (C=O) groups excluding carboxylic acids is 1. The summed E-state index contributed by atoms with van der Waals surface area (Å²) in [6.07, 6.45) is 2.94. The van der Waals surface area contributed by atoms with E-state index < -0.39 is 0 Å². The molecule has 0 saturated carbocycles. The molecule has 3 nitrogen and oxygen atoms in total. The van der Waals surface area contributed by atoms with E-state index in [1.807, 2.05) is 13.0 Å². The molecule has 1 N–H and O–H groups in total. The minimum atomic E-state index is -0.338. The first-order chi connectivity index (χ1) is 8.63. The molecule has 0 aliphatic rings. The van der Waals surface area contributed by atoms with E-state index >= 15 is 0 Å². The van der Waals surface area contributed by atoms with Crippen LogP contribution in [0, 0.1) is 12.7 Å². The normalized spacial score (nSPS) is 10.8. The smallest absolute Gasteiger partial charge is 0.248 e. The van der Waals surface area contributed by atoms with Gasteiger partial charge in [-0.25, -0.2) is 4.39 Å². The van der Waals surface area contributed by atoms with Crippen LogP contribution < -0.4 is 5.32 Å². The fourth-order valence-corrected chi connectivity index (χ4v) is 1.42. The van der Waals surface area contributed by atoms with Crippen LogP contribution in [0.5, 0.6) is 0 Å². The van der Waals surface area contributed by atoms with Crippen molar-refractivity contribution < 1.29 is 13.6 Å². The highest BCUT2D eigenvalue weighted by Gasteiger charge is 1.99. The molecule has 92 valence electrons. The molecule has 1 heterocycles. The molecule has 4 heteroatoms. The predicted molar refractivity (Wildman–Crippen MR) is 67.5 cm³/mol. The third kappa shape index (κ3) is 3.31. The van der Waals surface area contributed by atoms with Gasteiger partial charge in [-0.1, -0.05) is 0 Å². The number of hydrogen-bond donors (Lipinski definition) is 1. The third-order valence-electron chi connectivity index (χ3n) is 2.27. The molecule has 0 spiro atoms. The highest BCUT2D eigenvalue weighted by Crippen LogP contribution is 2.10. The number of halogens is 1. The van der Waals surface area contributed by atoms with Gasteiger partial charge >= 0.3 is 0 Å². The number of amides is 1. The van der Waals surface area contributed by atoms with Crippen molar-refractivity contribution in [2.75, 3.05) is 5.32 Å². The number of furan rings is 1. The standard InChI is InChI=1S/C14H12FNO2/c1-10-2-7-13(18-10)8-9-14(17)16-12-5-3-11(15)4-6-12/h2-9H,1H3,(H,16,17). The van der Waals surface area contributed by atoms with Crippen molar-refractivity contribution in [2.24, 2.45) is 0 Å². The number of aryl methyl sites for hydroxylation is 1. The van der Waals surface area contributed by atoms with Gasteiger partial charge in [-0.15, -0.1) is 0 Å². The van der Waals surface area contributed by atoms with Crippen LogP contribution in [0.3, 0.4) is 0 Å². The first-order valence-corrected chi connectivity index (χ1v) is 5.44. The Morgan fingerprint density at radius 2 is 1.94 bits per heavy atom. The van der Waals surface area contributed by atoms with E-state index in [1.165, 1.54) is 30.3 Å². The van der Waals surface area contributed by atoms with Crippen molar-refractivity contribution in [1.29, 1.82) is 0 Å². The molecule has 0 aliphatic heterocycles. The van der Waals surface area contributed by atoms with Gasteiger partial charge in [-0.05, 0) is 49.4 Å². The molecule has 0 fully saturated rings. The molecule has 0 bridgehead atoms. The average molecular weight is 245 g/mol. The third-order valence-corrected chi connectivity index (χ3v) is 2.27. The van der Waals surface area contributed by atoms with Crippen molar-refractivity contribution in [2.45, 2.75) is 6.92 Å². The quantitative estimate of drug-likeness (QED) is 0.842. The first-order valence-electron chi connectivity index (χ1n) is 5.44. The number of rotatable bonds is 3. The van der Waals surface area contributed by atoms with Crippen LogP contribution in [0.4, 0.5) is 10.1 Å². The Kier molecular flexibility index (Phi) is 3.57. The largest absolute Gasteiger partial charge is 0.462 e. The second kappa shape index (κ2) is 5.31. The van der Waals surface area contributed by atoms with Crippen LogP contribution in [0.2, 0.25) is 0 Å². The van der Waals surface area contributed by atoms with Gasteiger partial charge in [0.05, 0.1) is 0 Å². The summed E-state index contributed by atoms with van der Waals surface area (Å²) in [7, 11) is 0. The Bertz CT molecular complexity index is 570. The maximum absolute atomic E-state index is 12.7. The summed E-state index contributed by atoms with van der Waals surface area (Å²) in [4.78, 5) is 11.5. The second-order valence-corrected chi connectivity index (χ2v) is 3.78. The topological polar surface area (TPSA) is 42.2 Å². The van der Waals surface area contributed by atoms with Crippen molar-refractivity contribution in [3.05, 3.63) is 59.8 Å². The molecule has 0 unspecified atom stereocenters. The molecule has 0 atom stereocenters. The lowest BCUT2D eigenvalue weighted by Gasteiger charge is -2.00. The summed E-state index contributed by atoms with van der Waals surface area (Å²) in [5, 5.41) is 2.61. The molecule has 1 aromatic carbocycles. The van der Waals surface area contributed by atoms with Gasteiger partial charge in [0.15, 0.2) is 0 Å². The van der Waals surface area contributed by atoms with Gasteiger partial charge in [-0.3, -0.25) is 4.79 Å². The van der Waals surface area contributed by atoms with Crippen LogP contribution in [0.15, 0.2) is 46.9 Å². The minimum absolute atomic E-state index is 0.296. The predicted octanol–water partition coefficient (Wildman–Crippen LogP) is 3.38. The summed E-state index contributed by atoms with van der Waals surface area (Å²) < 4.78 is 17.9. The highest BCUT2D eigenvalue weighted by atomic mass is 19.1. The van der Waals surface area contributed by atoms with E-state index in [4.69, 9.17) is 4.42 Å². The maximum atomic E-state index is 12.7. The van der Waals surface area contributed by atoms with Crippen molar-refractivity contribution >= 4 is 17.7 Å². The first kappa shape index (κ1) is 12.1. The van der Waals surface area contributed by atoms with Gasteiger partial charge in [0.2, 0.25) is 5.91 Å². The Balaban J connectivity index is 1.96. The lowest BCUT2D eigenvalue weighted by molar-refractivity contribution is -0.111. The Morgan fingerprint density at radius 3 is 2.56 bits per heavy atom. The summed E-state index contributed by atoms with van der Waals surface area (Å²) >= 11 is 0. The molecule has 0 aliphatic carbocycles. The van der Waals surface area contributed by atoms with Crippen molar-refractivity contribution in [3.8, 4) is 0 Å². The lowest BCUT2D eigenvalue weighted by atomic mass is 10.3. The van der Waals surface area contributed by atoms with E-state index in [1.54, 1.807) is 12.1 Å².